The summed E-state index contributed by atoms with van der Waals surface area (Å²) in [6, 6.07) is 5.33. The lowest BCUT2D eigenvalue weighted by Gasteiger charge is -2.04. The van der Waals surface area contributed by atoms with Gasteiger partial charge in [0.2, 0.25) is 0 Å². The Hall–Kier alpha value is -1.18. The third-order valence-electron chi connectivity index (χ3n) is 1.36. The van der Waals surface area contributed by atoms with E-state index in [1.807, 2.05) is 19.1 Å². The molecule has 0 aliphatic rings. The van der Waals surface area contributed by atoms with Crippen LogP contribution in [0.1, 0.15) is 8.30 Å². The van der Waals surface area contributed by atoms with Gasteiger partial charge in [0.1, 0.15) is 11.5 Å². The molecule has 0 amide bonds. The topological polar surface area (TPSA) is 18.5 Å². The fourth-order valence-electron chi connectivity index (χ4n) is 0.881. The zero-order chi connectivity index (χ0) is 9.68. The molecule has 0 bridgehead atoms. The van der Waals surface area contributed by atoms with Crippen molar-refractivity contribution < 1.29 is 12.2 Å². The lowest BCUT2D eigenvalue weighted by molar-refractivity contribution is 0.394. The first kappa shape index (κ1) is 5.47. The van der Waals surface area contributed by atoms with Gasteiger partial charge in [0.05, 0.1) is 16.9 Å². The standard InChI is InChI=1S/C9H12O2/c1-7-4-8(10-2)6-9(5-7)11-3/h4-6H,1-3H3/i2D,3D. The fourth-order valence-corrected chi connectivity index (χ4v) is 0.881. The number of benzene rings is 1. The molecule has 2 heteroatoms. The Balaban J connectivity index is 2.83. The second-order valence-corrected chi connectivity index (χ2v) is 2.27. The maximum absolute atomic E-state index is 6.88. The van der Waals surface area contributed by atoms with Gasteiger partial charge < -0.3 is 9.47 Å². The molecule has 0 unspecified atom stereocenters. The highest BCUT2D eigenvalue weighted by Crippen LogP contribution is 2.21. The second kappa shape index (κ2) is 3.28. The molecule has 11 heavy (non-hydrogen) atoms. The molecule has 0 atom stereocenters. The van der Waals surface area contributed by atoms with Crippen LogP contribution in [0.5, 0.6) is 11.5 Å². The Kier molecular flexibility index (Phi) is 1.63. The third kappa shape index (κ3) is 1.87. The van der Waals surface area contributed by atoms with Crippen LogP contribution >= 0.6 is 0 Å². The molecular formula is C9H12O2. The minimum atomic E-state index is -0.107. The molecule has 0 aliphatic carbocycles. The quantitative estimate of drug-likeness (QED) is 0.648. The summed E-state index contributed by atoms with van der Waals surface area (Å²) in [7, 11) is -0.215. The van der Waals surface area contributed by atoms with Gasteiger partial charge in [-0.15, -0.1) is 0 Å². The summed E-state index contributed by atoms with van der Waals surface area (Å²) in [6.45, 7) is 1.91. The summed E-state index contributed by atoms with van der Waals surface area (Å²) in [6.07, 6.45) is 0. The normalized spacial score (nSPS) is 11.7. The molecule has 0 fully saturated rings. The predicted molar refractivity (Wildman–Crippen MR) is 44.3 cm³/mol. The van der Waals surface area contributed by atoms with Crippen LogP contribution in [-0.2, 0) is 0 Å². The molecule has 2 nitrogen and oxygen atoms in total. The van der Waals surface area contributed by atoms with Gasteiger partial charge >= 0.3 is 0 Å². The van der Waals surface area contributed by atoms with E-state index in [0.29, 0.717) is 11.5 Å². The average Bonchev–Trinajstić information content (AvgIpc) is 2.04. The molecule has 0 aliphatic heterocycles. The average molecular weight is 154 g/mol. The maximum atomic E-state index is 6.88. The van der Waals surface area contributed by atoms with Crippen LogP contribution in [-0.4, -0.2) is 14.2 Å². The van der Waals surface area contributed by atoms with Gasteiger partial charge in [0, 0.05) is 6.07 Å². The summed E-state index contributed by atoms with van der Waals surface area (Å²) >= 11 is 0. The van der Waals surface area contributed by atoms with Crippen LogP contribution in [0.3, 0.4) is 0 Å². The summed E-state index contributed by atoms with van der Waals surface area (Å²) in [5, 5.41) is 0. The van der Waals surface area contributed by atoms with Gasteiger partial charge in [0.25, 0.3) is 0 Å². The number of methoxy groups -OCH3 is 2. The van der Waals surface area contributed by atoms with Crippen molar-refractivity contribution in [3.8, 4) is 11.5 Å². The molecule has 0 saturated carbocycles. The van der Waals surface area contributed by atoms with Gasteiger partial charge in [-0.2, -0.15) is 0 Å². The highest BCUT2D eigenvalue weighted by Gasteiger charge is 1.96. The van der Waals surface area contributed by atoms with E-state index in [2.05, 4.69) is 0 Å². The molecule has 0 radical (unpaired) electrons. The van der Waals surface area contributed by atoms with Crippen molar-refractivity contribution >= 4 is 0 Å². The van der Waals surface area contributed by atoms with Gasteiger partial charge in [-0.25, -0.2) is 0 Å². The van der Waals surface area contributed by atoms with E-state index < -0.39 is 0 Å². The van der Waals surface area contributed by atoms with Crippen LogP contribution < -0.4 is 9.47 Å². The van der Waals surface area contributed by atoms with Gasteiger partial charge in [-0.3, -0.25) is 0 Å². The van der Waals surface area contributed by atoms with E-state index in [0.717, 1.165) is 5.56 Å². The number of rotatable bonds is 2. The second-order valence-electron chi connectivity index (χ2n) is 2.27. The minimum absolute atomic E-state index is 0.107. The zero-order valence-electron chi connectivity index (χ0n) is 8.46. The smallest absolute Gasteiger partial charge is 0.122 e. The highest BCUT2D eigenvalue weighted by atomic mass is 16.5. The van der Waals surface area contributed by atoms with Crippen molar-refractivity contribution in [1.82, 2.24) is 0 Å². The Bertz CT molecular complexity index is 252. The van der Waals surface area contributed by atoms with Crippen molar-refractivity contribution in [2.24, 2.45) is 0 Å². The molecule has 0 spiro atoms. The van der Waals surface area contributed by atoms with Crippen molar-refractivity contribution in [1.29, 1.82) is 0 Å². The first-order valence-electron chi connectivity index (χ1n) is 4.63. The van der Waals surface area contributed by atoms with Gasteiger partial charge in [-0.05, 0) is 24.6 Å². The third-order valence-corrected chi connectivity index (χ3v) is 1.36. The van der Waals surface area contributed by atoms with Gasteiger partial charge in [-0.1, -0.05) is 0 Å². The van der Waals surface area contributed by atoms with Crippen LogP contribution in [0.2, 0.25) is 0 Å². The van der Waals surface area contributed by atoms with E-state index in [4.69, 9.17) is 12.2 Å². The summed E-state index contributed by atoms with van der Waals surface area (Å²) in [5.41, 5.74) is 0.995. The molecule has 1 rings (SSSR count). The molecule has 60 valence electrons. The lowest BCUT2D eigenvalue weighted by Crippen LogP contribution is -1.87. The molecule has 0 heterocycles. The number of hydrogen-bond acceptors (Lipinski definition) is 2. The van der Waals surface area contributed by atoms with E-state index in [1.54, 1.807) is 6.07 Å². The van der Waals surface area contributed by atoms with E-state index in [9.17, 15) is 0 Å². The van der Waals surface area contributed by atoms with E-state index >= 15 is 0 Å². The number of aryl methyl sites for hydroxylation is 1. The SMILES string of the molecule is [2H]COc1cc(C)cc(OC[2H])c1. The predicted octanol–water partition coefficient (Wildman–Crippen LogP) is 2.01. The fraction of sp³-hybridized carbons (Fsp3) is 0.333. The molecule has 0 N–H and O–H groups in total. The molecule has 1 aromatic carbocycles. The highest BCUT2D eigenvalue weighted by molar-refractivity contribution is 5.37. The zero-order valence-corrected chi connectivity index (χ0v) is 6.46. The molecule has 0 aromatic heterocycles. The Labute approximate surface area is 69.6 Å². The number of ether oxygens (including phenoxy) is 2. The lowest BCUT2D eigenvalue weighted by atomic mass is 10.2. The van der Waals surface area contributed by atoms with Crippen molar-refractivity contribution in [3.63, 3.8) is 0 Å². The Morgan fingerprint density at radius 2 is 1.64 bits per heavy atom. The summed E-state index contributed by atoms with van der Waals surface area (Å²) < 4.78 is 23.8. The Morgan fingerprint density at radius 1 is 1.09 bits per heavy atom. The summed E-state index contributed by atoms with van der Waals surface area (Å²) in [5.74, 6) is 1.22. The molecule has 1 aromatic rings. The largest absolute Gasteiger partial charge is 0.497 e. The van der Waals surface area contributed by atoms with E-state index in [-0.39, 0.29) is 14.2 Å². The maximum Gasteiger partial charge on any atom is 0.122 e. The Morgan fingerprint density at radius 3 is 2.09 bits per heavy atom. The van der Waals surface area contributed by atoms with Crippen LogP contribution in [0.15, 0.2) is 18.2 Å². The van der Waals surface area contributed by atoms with Crippen LogP contribution in [0.25, 0.3) is 0 Å². The number of hydrogen-bond donors (Lipinski definition) is 0. The van der Waals surface area contributed by atoms with Gasteiger partial charge in [0.15, 0.2) is 0 Å². The molecular weight excluding hydrogens is 140 g/mol. The molecule has 0 saturated heterocycles. The van der Waals surface area contributed by atoms with Crippen LogP contribution in [0.4, 0.5) is 0 Å². The monoisotopic (exact) mass is 154 g/mol. The van der Waals surface area contributed by atoms with Crippen molar-refractivity contribution in [2.45, 2.75) is 6.92 Å². The summed E-state index contributed by atoms with van der Waals surface area (Å²) in [4.78, 5) is 0. The van der Waals surface area contributed by atoms with Crippen LogP contribution in [0, 0.1) is 6.92 Å². The first-order chi connectivity index (χ1) is 6.26. The van der Waals surface area contributed by atoms with E-state index in [1.165, 1.54) is 0 Å². The van der Waals surface area contributed by atoms with Crippen molar-refractivity contribution in [2.75, 3.05) is 14.2 Å². The first-order valence-corrected chi connectivity index (χ1v) is 3.22. The van der Waals surface area contributed by atoms with Crippen molar-refractivity contribution in [3.05, 3.63) is 23.8 Å². The minimum Gasteiger partial charge on any atom is -0.497 e.